The highest BCUT2D eigenvalue weighted by molar-refractivity contribution is 6.00. The molecule has 1 aliphatic carbocycles. The van der Waals surface area contributed by atoms with E-state index in [1.807, 2.05) is 6.20 Å². The second kappa shape index (κ2) is 7.16. The normalized spacial score (nSPS) is 12.9. The highest BCUT2D eigenvalue weighted by Gasteiger charge is 2.34. The fourth-order valence-corrected chi connectivity index (χ4v) is 4.51. The third kappa shape index (κ3) is 2.87. The van der Waals surface area contributed by atoms with Crippen molar-refractivity contribution in [2.75, 3.05) is 0 Å². The Hall–Kier alpha value is -3.21. The molecule has 0 amide bonds. The Balaban J connectivity index is 1.95. The van der Waals surface area contributed by atoms with Crippen LogP contribution in [-0.4, -0.2) is 24.8 Å². The quantitative estimate of drug-likeness (QED) is 0.320. The molecule has 2 heterocycles. The molecule has 0 fully saturated rings. The first kappa shape index (κ1) is 20.7. The molecule has 4 aromatic rings. The van der Waals surface area contributed by atoms with Gasteiger partial charge >= 0.3 is 0 Å². The van der Waals surface area contributed by atoms with Crippen LogP contribution in [0.3, 0.4) is 0 Å². The molecule has 0 saturated carbocycles. The maximum absolute atomic E-state index is 4.93. The highest BCUT2D eigenvalue weighted by Crippen LogP contribution is 2.48. The van der Waals surface area contributed by atoms with Crippen molar-refractivity contribution in [3.63, 3.8) is 0 Å². The van der Waals surface area contributed by atoms with Gasteiger partial charge in [0.05, 0.1) is 28.7 Å². The number of hydrogen-bond acceptors (Lipinski definition) is 3. The first-order chi connectivity index (χ1) is 15.3. The highest BCUT2D eigenvalue weighted by atomic mass is 15.5. The van der Waals surface area contributed by atoms with Gasteiger partial charge in [-0.25, -0.2) is 4.68 Å². The Morgan fingerprint density at radius 3 is 1.81 bits per heavy atom. The lowest BCUT2D eigenvalue weighted by Crippen LogP contribution is -2.28. The lowest BCUT2D eigenvalue weighted by molar-refractivity contribution is 0.305. The summed E-state index contributed by atoms with van der Waals surface area (Å²) in [6.45, 7) is 13.4. The molecule has 0 unspecified atom stereocenters. The van der Waals surface area contributed by atoms with Crippen LogP contribution in [0.15, 0.2) is 54.7 Å². The van der Waals surface area contributed by atoms with E-state index >= 15 is 0 Å². The minimum absolute atomic E-state index is 0.112. The number of nitrogens with zero attached hydrogens (tertiary/aromatic N) is 5. The van der Waals surface area contributed by atoms with E-state index in [1.54, 1.807) is 0 Å². The Bertz CT molecular complexity index is 1200. The Labute approximate surface area is 190 Å². The minimum Gasteiger partial charge on any atom is -0.259 e. The van der Waals surface area contributed by atoms with E-state index in [0.717, 1.165) is 52.2 Å². The molecule has 5 heteroatoms. The number of benzene rings is 2. The zero-order chi connectivity index (χ0) is 22.7. The van der Waals surface area contributed by atoms with E-state index in [-0.39, 0.29) is 11.1 Å². The van der Waals surface area contributed by atoms with Crippen molar-refractivity contribution >= 4 is 0 Å². The van der Waals surface area contributed by atoms with Crippen molar-refractivity contribution in [3.8, 4) is 44.9 Å². The van der Waals surface area contributed by atoms with Gasteiger partial charge in [-0.05, 0) is 46.1 Å². The van der Waals surface area contributed by atoms with Gasteiger partial charge < -0.3 is 0 Å². The summed E-state index contributed by atoms with van der Waals surface area (Å²) in [5.74, 6) is 0. The molecular weight excluding hydrogens is 394 g/mol. The predicted molar refractivity (Wildman–Crippen MR) is 130 cm³/mol. The van der Waals surface area contributed by atoms with Crippen molar-refractivity contribution in [2.45, 2.75) is 65.5 Å². The zero-order valence-electron chi connectivity index (χ0n) is 19.8. The molecular formula is C27H31N5. The van der Waals surface area contributed by atoms with E-state index in [4.69, 9.17) is 15.4 Å². The summed E-state index contributed by atoms with van der Waals surface area (Å²) in [6, 6.07) is 17.2. The molecule has 164 valence electrons. The number of rotatable bonds is 4. The fourth-order valence-electron chi connectivity index (χ4n) is 4.51. The van der Waals surface area contributed by atoms with Crippen LogP contribution in [0, 0.1) is 0 Å². The number of fused-ring (bicyclic) bond motifs is 8. The van der Waals surface area contributed by atoms with E-state index < -0.39 is 0 Å². The Morgan fingerprint density at radius 1 is 0.656 bits per heavy atom. The molecule has 1 aliphatic rings. The molecule has 0 N–H and O–H groups in total. The summed E-state index contributed by atoms with van der Waals surface area (Å²) in [6.07, 6.45) is 3.98. The zero-order valence-corrected chi connectivity index (χ0v) is 19.8. The molecule has 5 nitrogen and oxygen atoms in total. The summed E-state index contributed by atoms with van der Waals surface area (Å²) < 4.78 is 4.31. The van der Waals surface area contributed by atoms with Crippen LogP contribution < -0.4 is 0 Å². The van der Waals surface area contributed by atoms with Crippen molar-refractivity contribution in [2.24, 2.45) is 0 Å². The van der Waals surface area contributed by atoms with Crippen molar-refractivity contribution in [1.82, 2.24) is 24.8 Å². The molecule has 2 aromatic carbocycles. The largest absolute Gasteiger partial charge is 0.259 e. The van der Waals surface area contributed by atoms with Gasteiger partial charge in [-0.3, -0.25) is 4.68 Å². The second-order valence-corrected chi connectivity index (χ2v) is 9.94. The number of aromatic nitrogens is 5. The van der Waals surface area contributed by atoms with Crippen molar-refractivity contribution < 1.29 is 0 Å². The Morgan fingerprint density at radius 2 is 1.19 bits per heavy atom. The van der Waals surface area contributed by atoms with Crippen LogP contribution in [-0.2, 0) is 11.1 Å². The summed E-state index contributed by atoms with van der Waals surface area (Å²) in [5.41, 5.74) is 8.63. The van der Waals surface area contributed by atoms with Gasteiger partial charge in [-0.1, -0.05) is 67.6 Å². The SMILES string of the molecule is CCC(C)(C)n1ncc2c1-c1ccccc1-c1nnn(C(C)(C)CC)c1-c1ccccc1-2. The minimum atomic E-state index is -0.154. The van der Waals surface area contributed by atoms with Crippen LogP contribution in [0.1, 0.15) is 54.4 Å². The van der Waals surface area contributed by atoms with E-state index in [1.165, 1.54) is 5.56 Å². The lowest BCUT2D eigenvalue weighted by atomic mass is 9.86. The average Bonchev–Trinajstić information content (AvgIpc) is 3.43. The van der Waals surface area contributed by atoms with Crippen molar-refractivity contribution in [1.29, 1.82) is 0 Å². The monoisotopic (exact) mass is 425 g/mol. The summed E-state index contributed by atoms with van der Waals surface area (Å²) in [4.78, 5) is 0. The molecule has 5 rings (SSSR count). The Kier molecular flexibility index (Phi) is 4.63. The second-order valence-electron chi connectivity index (χ2n) is 9.94. The first-order valence-electron chi connectivity index (χ1n) is 11.5. The molecule has 0 radical (unpaired) electrons. The maximum atomic E-state index is 4.93. The molecule has 0 bridgehead atoms. The van der Waals surface area contributed by atoms with Crippen LogP contribution in [0.2, 0.25) is 0 Å². The van der Waals surface area contributed by atoms with E-state index in [9.17, 15) is 0 Å². The lowest BCUT2D eigenvalue weighted by Gasteiger charge is -2.29. The van der Waals surface area contributed by atoms with Gasteiger partial charge in [0, 0.05) is 22.3 Å². The first-order valence-corrected chi connectivity index (χ1v) is 11.5. The van der Waals surface area contributed by atoms with Gasteiger partial charge in [-0.15, -0.1) is 5.10 Å². The van der Waals surface area contributed by atoms with E-state index in [0.29, 0.717) is 0 Å². The summed E-state index contributed by atoms with van der Waals surface area (Å²) in [7, 11) is 0. The van der Waals surface area contributed by atoms with Crippen LogP contribution in [0.4, 0.5) is 0 Å². The van der Waals surface area contributed by atoms with Gasteiger partial charge in [0.2, 0.25) is 0 Å². The summed E-state index contributed by atoms with van der Waals surface area (Å²) in [5, 5.41) is 14.4. The van der Waals surface area contributed by atoms with Gasteiger partial charge in [-0.2, -0.15) is 5.10 Å². The smallest absolute Gasteiger partial charge is 0.121 e. The standard InChI is InChI=1S/C27H31N5/c1-7-26(3,4)31-24-21-16-12-10-14-19(21)23-25(32(30-29-23)27(5,6)8-2)20-15-11-9-13-18(20)22(24)17-28-31/h9-17H,7-8H2,1-6H3. The molecule has 0 atom stereocenters. The molecule has 2 aromatic heterocycles. The van der Waals surface area contributed by atoms with Gasteiger partial charge in [0.15, 0.2) is 0 Å². The maximum Gasteiger partial charge on any atom is 0.121 e. The average molecular weight is 426 g/mol. The van der Waals surface area contributed by atoms with Crippen LogP contribution in [0.5, 0.6) is 0 Å². The molecule has 32 heavy (non-hydrogen) atoms. The molecule has 0 aliphatic heterocycles. The van der Waals surface area contributed by atoms with Gasteiger partial charge in [0.1, 0.15) is 5.69 Å². The van der Waals surface area contributed by atoms with Gasteiger partial charge in [0.25, 0.3) is 0 Å². The molecule has 0 saturated heterocycles. The van der Waals surface area contributed by atoms with Crippen LogP contribution in [0.25, 0.3) is 44.9 Å². The summed E-state index contributed by atoms with van der Waals surface area (Å²) >= 11 is 0. The topological polar surface area (TPSA) is 48.5 Å². The predicted octanol–water partition coefficient (Wildman–Crippen LogP) is 6.75. The van der Waals surface area contributed by atoms with Crippen LogP contribution >= 0.6 is 0 Å². The fraction of sp³-hybridized carbons (Fsp3) is 0.370. The third-order valence-electron chi connectivity index (χ3n) is 7.23. The number of hydrogen-bond donors (Lipinski definition) is 0. The van der Waals surface area contributed by atoms with Crippen molar-refractivity contribution in [3.05, 3.63) is 54.7 Å². The third-order valence-corrected chi connectivity index (χ3v) is 7.23. The molecule has 0 spiro atoms. The van der Waals surface area contributed by atoms with E-state index in [2.05, 4.69) is 99.4 Å².